The van der Waals surface area contributed by atoms with Crippen molar-refractivity contribution < 1.29 is 17.6 Å². The van der Waals surface area contributed by atoms with E-state index < -0.39 is 15.4 Å². The molecule has 1 N–H and O–H groups in total. The number of hydrogen-bond acceptors (Lipinski definition) is 3. The summed E-state index contributed by atoms with van der Waals surface area (Å²) >= 11 is 6.55. The predicted molar refractivity (Wildman–Crippen MR) is 138 cm³/mol. The van der Waals surface area contributed by atoms with Gasteiger partial charge in [0.2, 0.25) is 0 Å². The predicted octanol–water partition coefficient (Wildman–Crippen LogP) is 5.71. The molecule has 5 rings (SSSR count). The van der Waals surface area contributed by atoms with Gasteiger partial charge in [-0.2, -0.15) is 0 Å². The van der Waals surface area contributed by atoms with Gasteiger partial charge in [0.1, 0.15) is 5.82 Å². The first-order valence-corrected chi connectivity index (χ1v) is 13.5. The number of carbonyl (C=O) groups is 1. The number of sulfone groups is 1. The molecule has 1 aliphatic rings. The van der Waals surface area contributed by atoms with Crippen molar-refractivity contribution in [2.45, 2.75) is 25.8 Å². The van der Waals surface area contributed by atoms with Crippen LogP contribution in [-0.2, 0) is 9.84 Å². The molecule has 0 aliphatic carbocycles. The zero-order valence-corrected chi connectivity index (χ0v) is 20.9. The third-order valence-electron chi connectivity index (χ3n) is 6.61. The van der Waals surface area contributed by atoms with Crippen molar-refractivity contribution in [3.05, 3.63) is 88.8 Å². The van der Waals surface area contributed by atoms with Crippen LogP contribution in [0.25, 0.3) is 27.7 Å². The van der Waals surface area contributed by atoms with Crippen LogP contribution in [0.3, 0.4) is 0 Å². The van der Waals surface area contributed by atoms with Crippen LogP contribution in [0, 0.1) is 12.7 Å². The van der Waals surface area contributed by atoms with Crippen LogP contribution in [0.15, 0.2) is 66.7 Å². The van der Waals surface area contributed by atoms with E-state index in [0.29, 0.717) is 17.0 Å². The Labute approximate surface area is 208 Å². The maximum Gasteiger partial charge on any atom is 0.251 e. The molecular weight excluding hydrogens is 487 g/mol. The van der Waals surface area contributed by atoms with Gasteiger partial charge in [-0.3, -0.25) is 4.79 Å². The van der Waals surface area contributed by atoms with Crippen LogP contribution < -0.4 is 5.32 Å². The second-order valence-corrected chi connectivity index (χ2v) is 11.9. The summed E-state index contributed by atoms with van der Waals surface area (Å²) in [6, 6.07) is 19.1. The number of hydrogen-bond donors (Lipinski definition) is 1. The van der Waals surface area contributed by atoms with Gasteiger partial charge in [0, 0.05) is 38.5 Å². The van der Waals surface area contributed by atoms with E-state index in [0.717, 1.165) is 33.4 Å². The van der Waals surface area contributed by atoms with Crippen LogP contribution >= 0.6 is 11.6 Å². The van der Waals surface area contributed by atoms with E-state index in [1.807, 2.05) is 41.8 Å². The average molecular weight is 511 g/mol. The second kappa shape index (κ2) is 8.50. The van der Waals surface area contributed by atoms with Crippen LogP contribution in [0.2, 0.25) is 5.02 Å². The van der Waals surface area contributed by atoms with Crippen LogP contribution in [0.5, 0.6) is 0 Å². The van der Waals surface area contributed by atoms with Crippen LogP contribution in [0.1, 0.15) is 29.4 Å². The Kier molecular flexibility index (Phi) is 5.73. The van der Waals surface area contributed by atoms with E-state index in [2.05, 4.69) is 5.32 Å². The normalized spacial score (nSPS) is 19.2. The molecule has 1 aliphatic heterocycles. The highest BCUT2D eigenvalue weighted by molar-refractivity contribution is 7.91. The Bertz CT molecular complexity index is 1580. The molecule has 1 aromatic heterocycles. The van der Waals surface area contributed by atoms with Gasteiger partial charge >= 0.3 is 0 Å². The molecule has 3 aromatic carbocycles. The fourth-order valence-corrected chi connectivity index (χ4v) is 7.26. The monoisotopic (exact) mass is 510 g/mol. The summed E-state index contributed by atoms with van der Waals surface area (Å²) in [5, 5.41) is 4.42. The van der Waals surface area contributed by atoms with Gasteiger partial charge in [-0.1, -0.05) is 35.9 Å². The van der Waals surface area contributed by atoms with Crippen molar-refractivity contribution in [2.24, 2.45) is 0 Å². The molecule has 0 bridgehead atoms. The van der Waals surface area contributed by atoms with E-state index >= 15 is 0 Å². The smallest absolute Gasteiger partial charge is 0.251 e. The van der Waals surface area contributed by atoms with Gasteiger partial charge in [0.05, 0.1) is 22.6 Å². The zero-order valence-electron chi connectivity index (χ0n) is 19.3. The number of rotatable bonds is 4. The lowest BCUT2D eigenvalue weighted by atomic mass is 9.99. The minimum atomic E-state index is -3.16. The third kappa shape index (κ3) is 4.34. The maximum absolute atomic E-state index is 13.7. The van der Waals surface area contributed by atoms with Crippen LogP contribution in [-0.4, -0.2) is 35.9 Å². The number of nitrogens with one attached hydrogen (secondary N) is 1. The minimum Gasteiger partial charge on any atom is -0.346 e. The van der Waals surface area contributed by atoms with Crippen molar-refractivity contribution in [1.29, 1.82) is 0 Å². The van der Waals surface area contributed by atoms with Gasteiger partial charge in [0.15, 0.2) is 9.84 Å². The summed E-state index contributed by atoms with van der Waals surface area (Å²) in [5.41, 5.74) is 3.80. The van der Waals surface area contributed by atoms with Gasteiger partial charge in [-0.25, -0.2) is 12.8 Å². The summed E-state index contributed by atoms with van der Waals surface area (Å²) in [6.45, 7) is 3.72. The van der Waals surface area contributed by atoms with Crippen LogP contribution in [0.4, 0.5) is 4.39 Å². The molecule has 0 saturated carbocycles. The zero-order chi connectivity index (χ0) is 25.0. The molecule has 0 spiro atoms. The molecule has 0 unspecified atom stereocenters. The molecule has 5 nitrogen and oxygen atoms in total. The lowest BCUT2D eigenvalue weighted by molar-refractivity contribution is 0.0915. The van der Waals surface area contributed by atoms with Crippen molar-refractivity contribution in [3.8, 4) is 16.8 Å². The Hall–Kier alpha value is -3.16. The van der Waals surface area contributed by atoms with Gasteiger partial charge in [0.25, 0.3) is 5.91 Å². The molecule has 180 valence electrons. The summed E-state index contributed by atoms with van der Waals surface area (Å²) in [7, 11) is -3.16. The first kappa shape index (κ1) is 23.6. The lowest BCUT2D eigenvalue weighted by Gasteiger charge is -2.24. The van der Waals surface area contributed by atoms with Crippen molar-refractivity contribution >= 4 is 38.2 Å². The largest absolute Gasteiger partial charge is 0.346 e. The Morgan fingerprint density at radius 1 is 1.09 bits per heavy atom. The minimum absolute atomic E-state index is 0.0661. The first-order valence-electron chi connectivity index (χ1n) is 11.3. The van der Waals surface area contributed by atoms with Gasteiger partial charge in [-0.15, -0.1) is 0 Å². The molecule has 4 aromatic rings. The molecule has 1 atom stereocenters. The Balaban J connectivity index is 1.66. The number of nitrogens with zero attached hydrogens (tertiary/aromatic N) is 1. The van der Waals surface area contributed by atoms with Crippen molar-refractivity contribution in [2.75, 3.05) is 11.5 Å². The van der Waals surface area contributed by atoms with Gasteiger partial charge in [-0.05, 0) is 62.7 Å². The molecule has 0 radical (unpaired) electrons. The molecule has 1 saturated heterocycles. The topological polar surface area (TPSA) is 68.2 Å². The number of benzene rings is 3. The van der Waals surface area contributed by atoms with E-state index in [1.165, 1.54) is 12.1 Å². The Morgan fingerprint density at radius 2 is 1.80 bits per heavy atom. The third-order valence-corrected chi connectivity index (χ3v) is 8.85. The summed E-state index contributed by atoms with van der Waals surface area (Å²) in [4.78, 5) is 13.2. The number of carbonyl (C=O) groups excluding carboxylic acids is 1. The summed E-state index contributed by atoms with van der Waals surface area (Å²) < 4.78 is 39.6. The molecular formula is C27H24ClFN2O3S. The highest BCUT2D eigenvalue weighted by Gasteiger charge is 2.39. The van der Waals surface area contributed by atoms with E-state index in [9.17, 15) is 17.6 Å². The average Bonchev–Trinajstić information content (AvgIpc) is 3.25. The molecule has 1 fully saturated rings. The van der Waals surface area contributed by atoms with Gasteiger partial charge < -0.3 is 9.88 Å². The van der Waals surface area contributed by atoms with Crippen molar-refractivity contribution in [1.82, 2.24) is 9.88 Å². The standard InChI is InChI=1S/C27H24ClFN2O3S/c1-17-25(21-5-3-4-6-23(21)28)22-12-7-18(26(32)30-27(2)13-14-35(33,34)16-27)15-24(22)31(17)20-10-8-19(29)9-11-20/h3-12,15H,13-14,16H2,1-2H3,(H,30,32)/t27-/m0/s1. The van der Waals surface area contributed by atoms with E-state index in [-0.39, 0.29) is 23.2 Å². The molecule has 1 amide bonds. The lowest BCUT2D eigenvalue weighted by Crippen LogP contribution is -2.46. The Morgan fingerprint density at radius 3 is 2.46 bits per heavy atom. The highest BCUT2D eigenvalue weighted by atomic mass is 35.5. The second-order valence-electron chi connectivity index (χ2n) is 9.34. The number of fused-ring (bicyclic) bond motifs is 1. The SMILES string of the molecule is Cc1c(-c2ccccc2Cl)c2ccc(C(=O)N[C@@]3(C)CCS(=O)(=O)C3)cc2n1-c1ccc(F)cc1. The summed E-state index contributed by atoms with van der Waals surface area (Å²) in [5.74, 6) is -0.684. The molecule has 2 heterocycles. The molecule has 8 heteroatoms. The fourth-order valence-electron chi connectivity index (χ4n) is 4.94. The van der Waals surface area contributed by atoms with Crippen molar-refractivity contribution in [3.63, 3.8) is 0 Å². The van der Waals surface area contributed by atoms with E-state index in [1.54, 1.807) is 31.2 Å². The number of amides is 1. The van der Waals surface area contributed by atoms with E-state index in [4.69, 9.17) is 11.6 Å². The quantitative estimate of drug-likeness (QED) is 0.382. The number of aromatic nitrogens is 1. The molecule has 35 heavy (non-hydrogen) atoms. The highest BCUT2D eigenvalue weighted by Crippen LogP contribution is 2.40. The number of halogens is 2. The summed E-state index contributed by atoms with van der Waals surface area (Å²) in [6.07, 6.45) is 0.380. The maximum atomic E-state index is 13.7. The fraction of sp³-hybridized carbons (Fsp3) is 0.222. The first-order chi connectivity index (χ1) is 16.6.